The molecule has 98 valence electrons. The van der Waals surface area contributed by atoms with Crippen molar-refractivity contribution in [2.45, 2.75) is 0 Å². The summed E-state index contributed by atoms with van der Waals surface area (Å²) < 4.78 is 14.9. The Hall–Kier alpha value is -0.950. The van der Waals surface area contributed by atoms with E-state index in [0.29, 0.717) is 11.3 Å². The highest BCUT2D eigenvalue weighted by Crippen LogP contribution is 2.22. The molecular formula is C14H10BrFINO. The van der Waals surface area contributed by atoms with Crippen LogP contribution < -0.4 is 4.90 Å². The lowest BCUT2D eigenvalue weighted by Crippen LogP contribution is -2.27. The highest BCUT2D eigenvalue weighted by Gasteiger charge is 2.16. The van der Waals surface area contributed by atoms with E-state index in [-0.39, 0.29) is 11.7 Å². The van der Waals surface area contributed by atoms with Crippen molar-refractivity contribution >= 4 is 50.1 Å². The number of nitrogens with zero attached hydrogens (tertiary/aromatic N) is 1. The molecule has 0 heterocycles. The van der Waals surface area contributed by atoms with Crippen molar-refractivity contribution in [3.63, 3.8) is 0 Å². The largest absolute Gasteiger partial charge is 0.311 e. The van der Waals surface area contributed by atoms with Gasteiger partial charge in [0, 0.05) is 20.8 Å². The third-order valence-electron chi connectivity index (χ3n) is 2.66. The first-order valence-corrected chi connectivity index (χ1v) is 7.35. The van der Waals surface area contributed by atoms with Crippen LogP contribution in [0.3, 0.4) is 0 Å². The molecule has 0 spiro atoms. The first-order valence-electron chi connectivity index (χ1n) is 5.47. The Bertz CT molecular complexity index is 633. The van der Waals surface area contributed by atoms with Crippen LogP contribution in [0.4, 0.5) is 10.1 Å². The minimum absolute atomic E-state index is 0.170. The Morgan fingerprint density at radius 1 is 1.26 bits per heavy atom. The average molecular weight is 434 g/mol. The van der Waals surface area contributed by atoms with Gasteiger partial charge in [0.1, 0.15) is 5.82 Å². The van der Waals surface area contributed by atoms with E-state index in [1.54, 1.807) is 25.2 Å². The van der Waals surface area contributed by atoms with Crippen LogP contribution in [0.25, 0.3) is 0 Å². The van der Waals surface area contributed by atoms with E-state index < -0.39 is 0 Å². The second-order valence-electron chi connectivity index (χ2n) is 3.97. The Labute approximate surface area is 132 Å². The van der Waals surface area contributed by atoms with Crippen molar-refractivity contribution in [2.75, 3.05) is 11.9 Å². The molecule has 0 fully saturated rings. The van der Waals surface area contributed by atoms with Crippen LogP contribution in [-0.2, 0) is 0 Å². The number of hydrogen-bond donors (Lipinski definition) is 0. The molecule has 2 aromatic carbocycles. The summed E-state index contributed by atoms with van der Waals surface area (Å²) in [5.41, 5.74) is 1.11. The van der Waals surface area contributed by atoms with Gasteiger partial charge in [-0.3, -0.25) is 4.79 Å². The zero-order chi connectivity index (χ0) is 14.0. The van der Waals surface area contributed by atoms with Gasteiger partial charge in [-0.1, -0.05) is 22.0 Å². The molecule has 0 atom stereocenters. The van der Waals surface area contributed by atoms with E-state index in [2.05, 4.69) is 38.5 Å². The minimum Gasteiger partial charge on any atom is -0.311 e. The van der Waals surface area contributed by atoms with E-state index in [4.69, 9.17) is 0 Å². The van der Waals surface area contributed by atoms with Crippen LogP contribution >= 0.6 is 38.5 Å². The topological polar surface area (TPSA) is 20.3 Å². The standard InChI is InChI=1S/C14H10BrFINO/c1-18(11-4-2-3-10(16)8-11)14(19)12-7-9(15)5-6-13(12)17/h2-8H,1H3. The van der Waals surface area contributed by atoms with Crippen LogP contribution in [0.2, 0.25) is 0 Å². The molecule has 5 heteroatoms. The highest BCUT2D eigenvalue weighted by atomic mass is 127. The van der Waals surface area contributed by atoms with Crippen LogP contribution in [-0.4, -0.2) is 13.0 Å². The summed E-state index contributed by atoms with van der Waals surface area (Å²) >= 11 is 5.46. The second-order valence-corrected chi connectivity index (χ2v) is 6.05. The van der Waals surface area contributed by atoms with Gasteiger partial charge in [-0.05, 0) is 59.0 Å². The average Bonchev–Trinajstić information content (AvgIpc) is 2.40. The van der Waals surface area contributed by atoms with Gasteiger partial charge in [0.05, 0.1) is 5.56 Å². The zero-order valence-electron chi connectivity index (χ0n) is 10.0. The van der Waals surface area contributed by atoms with E-state index in [0.717, 1.165) is 8.04 Å². The van der Waals surface area contributed by atoms with E-state index >= 15 is 0 Å². The lowest BCUT2D eigenvalue weighted by atomic mass is 10.2. The van der Waals surface area contributed by atoms with Crippen LogP contribution in [0.5, 0.6) is 0 Å². The highest BCUT2D eigenvalue weighted by molar-refractivity contribution is 14.1. The maximum atomic E-state index is 13.2. The third-order valence-corrected chi connectivity index (χ3v) is 4.09. The zero-order valence-corrected chi connectivity index (χ0v) is 13.8. The van der Waals surface area contributed by atoms with Crippen molar-refractivity contribution in [1.82, 2.24) is 0 Å². The van der Waals surface area contributed by atoms with Crippen LogP contribution in [0.15, 0.2) is 46.9 Å². The minimum atomic E-state index is -0.360. The summed E-state index contributed by atoms with van der Waals surface area (Å²) in [6.45, 7) is 0. The van der Waals surface area contributed by atoms with Crippen molar-refractivity contribution in [3.05, 3.63) is 61.9 Å². The summed E-state index contributed by atoms with van der Waals surface area (Å²) in [5, 5.41) is 0. The molecule has 2 nitrogen and oxygen atoms in total. The fourth-order valence-corrected chi connectivity index (χ4v) is 2.57. The number of rotatable bonds is 2. The maximum absolute atomic E-state index is 13.2. The van der Waals surface area contributed by atoms with E-state index in [1.165, 1.54) is 17.0 Å². The molecule has 0 unspecified atom stereocenters. The van der Waals surface area contributed by atoms with Gasteiger partial charge in [0.25, 0.3) is 5.91 Å². The molecule has 2 rings (SSSR count). The van der Waals surface area contributed by atoms with Crippen molar-refractivity contribution in [2.24, 2.45) is 0 Å². The Morgan fingerprint density at radius 2 is 2.00 bits per heavy atom. The fraction of sp³-hybridized carbons (Fsp3) is 0.0714. The molecule has 0 saturated heterocycles. The summed E-state index contributed by atoms with van der Waals surface area (Å²) in [6, 6.07) is 11.5. The quantitative estimate of drug-likeness (QED) is 0.640. The Morgan fingerprint density at radius 3 is 2.68 bits per heavy atom. The van der Waals surface area contributed by atoms with Crippen LogP contribution in [0.1, 0.15) is 10.4 Å². The van der Waals surface area contributed by atoms with Crippen molar-refractivity contribution in [3.8, 4) is 0 Å². The van der Waals surface area contributed by atoms with Gasteiger partial charge >= 0.3 is 0 Å². The maximum Gasteiger partial charge on any atom is 0.259 e. The molecule has 2 aromatic rings. The smallest absolute Gasteiger partial charge is 0.259 e. The molecule has 0 aromatic heterocycles. The third kappa shape index (κ3) is 3.33. The molecule has 0 aliphatic rings. The number of benzene rings is 2. The molecule has 0 radical (unpaired) electrons. The lowest BCUT2D eigenvalue weighted by molar-refractivity contribution is 0.0992. The molecule has 0 aliphatic carbocycles. The number of hydrogen-bond acceptors (Lipinski definition) is 1. The van der Waals surface area contributed by atoms with E-state index in [9.17, 15) is 9.18 Å². The molecule has 0 bridgehead atoms. The fourth-order valence-electron chi connectivity index (χ4n) is 1.64. The summed E-state index contributed by atoms with van der Waals surface area (Å²) in [4.78, 5) is 13.8. The second kappa shape index (κ2) is 6.00. The SMILES string of the molecule is CN(C(=O)c1cc(Br)ccc1I)c1cccc(F)c1. The summed E-state index contributed by atoms with van der Waals surface area (Å²) in [7, 11) is 1.63. The number of carbonyl (C=O) groups excluding carboxylic acids is 1. The predicted octanol–water partition coefficient (Wildman–Crippen LogP) is 4.47. The first-order chi connectivity index (χ1) is 8.99. The number of amides is 1. The predicted molar refractivity (Wildman–Crippen MR) is 86.0 cm³/mol. The number of halogens is 3. The van der Waals surface area contributed by atoms with Gasteiger partial charge in [-0.25, -0.2) is 4.39 Å². The Kier molecular flexibility index (Phi) is 4.57. The first kappa shape index (κ1) is 14.5. The molecule has 0 N–H and O–H groups in total. The van der Waals surface area contributed by atoms with Crippen molar-refractivity contribution < 1.29 is 9.18 Å². The van der Waals surface area contributed by atoms with Gasteiger partial charge in [0.2, 0.25) is 0 Å². The molecule has 1 amide bonds. The number of anilines is 1. The van der Waals surface area contributed by atoms with Gasteiger partial charge in [-0.2, -0.15) is 0 Å². The molecule has 0 aliphatic heterocycles. The molecule has 0 saturated carbocycles. The van der Waals surface area contributed by atoms with Gasteiger partial charge in [-0.15, -0.1) is 0 Å². The van der Waals surface area contributed by atoms with Crippen LogP contribution in [0, 0.1) is 9.39 Å². The number of carbonyl (C=O) groups is 1. The van der Waals surface area contributed by atoms with Gasteiger partial charge in [0.15, 0.2) is 0 Å². The summed E-state index contributed by atoms with van der Waals surface area (Å²) in [5.74, 6) is -0.530. The monoisotopic (exact) mass is 433 g/mol. The molecule has 19 heavy (non-hydrogen) atoms. The van der Waals surface area contributed by atoms with Gasteiger partial charge < -0.3 is 4.90 Å². The molecular weight excluding hydrogens is 424 g/mol. The Balaban J connectivity index is 2.36. The lowest BCUT2D eigenvalue weighted by Gasteiger charge is -2.18. The normalized spacial score (nSPS) is 10.3. The van der Waals surface area contributed by atoms with Crippen molar-refractivity contribution in [1.29, 1.82) is 0 Å². The van der Waals surface area contributed by atoms with E-state index in [1.807, 2.05) is 12.1 Å². The summed E-state index contributed by atoms with van der Waals surface area (Å²) in [6.07, 6.45) is 0.